The first-order chi connectivity index (χ1) is 9.61. The summed E-state index contributed by atoms with van der Waals surface area (Å²) in [4.78, 5) is 12.3. The number of carbonyl (C=O) groups is 1. The smallest absolute Gasteiger partial charge is 0.185 e. The lowest BCUT2D eigenvalue weighted by Gasteiger charge is -2.06. The van der Waals surface area contributed by atoms with Gasteiger partial charge in [-0.2, -0.15) is 5.10 Å². The van der Waals surface area contributed by atoms with E-state index in [0.717, 1.165) is 18.5 Å². The van der Waals surface area contributed by atoms with E-state index in [-0.39, 0.29) is 11.7 Å². The Morgan fingerprint density at radius 2 is 2.00 bits per heavy atom. The molecule has 0 amide bonds. The molecule has 1 unspecified atom stereocenters. The molecule has 3 heteroatoms. The van der Waals surface area contributed by atoms with Crippen LogP contribution < -0.4 is 0 Å². The van der Waals surface area contributed by atoms with E-state index in [4.69, 9.17) is 0 Å². The van der Waals surface area contributed by atoms with E-state index in [1.807, 2.05) is 42.8 Å². The Bertz CT molecular complexity index is 572. The van der Waals surface area contributed by atoms with Crippen molar-refractivity contribution in [1.29, 1.82) is 0 Å². The number of aryl methyl sites for hydroxylation is 1. The quantitative estimate of drug-likeness (QED) is 0.747. The lowest BCUT2D eigenvalue weighted by Crippen LogP contribution is -2.12. The number of ketones is 1. The summed E-state index contributed by atoms with van der Waals surface area (Å²) < 4.78 is 1.90. The summed E-state index contributed by atoms with van der Waals surface area (Å²) in [6.45, 7) is 6.79. The summed E-state index contributed by atoms with van der Waals surface area (Å²) in [6, 6.07) is 12.1. The molecule has 0 aliphatic carbocycles. The van der Waals surface area contributed by atoms with E-state index >= 15 is 0 Å². The van der Waals surface area contributed by atoms with Crippen LogP contribution in [0.25, 0.3) is 0 Å². The number of rotatable bonds is 6. The maximum Gasteiger partial charge on any atom is 0.185 e. The molecule has 1 aromatic heterocycles. The number of Topliss-reactive ketones (excluding diaryl/α,β-unsaturated/α-hetero) is 1. The summed E-state index contributed by atoms with van der Waals surface area (Å²) in [5, 5.41) is 4.48. The number of aromatic nitrogens is 2. The van der Waals surface area contributed by atoms with Gasteiger partial charge in [0, 0.05) is 11.6 Å². The van der Waals surface area contributed by atoms with Gasteiger partial charge in [-0.25, -0.2) is 0 Å². The number of hydrogen-bond donors (Lipinski definition) is 0. The van der Waals surface area contributed by atoms with E-state index < -0.39 is 0 Å². The van der Waals surface area contributed by atoms with Crippen molar-refractivity contribution in [3.05, 3.63) is 53.3 Å². The predicted octanol–water partition coefficient (Wildman–Crippen LogP) is 3.86. The molecule has 3 nitrogen and oxygen atoms in total. The molecule has 106 valence electrons. The van der Waals surface area contributed by atoms with Crippen LogP contribution >= 0.6 is 0 Å². The largest absolute Gasteiger partial charge is 0.292 e. The SMILES string of the molecule is CCCC(C)C(=O)c1cc(C)n(Cc2ccccc2)n1. The van der Waals surface area contributed by atoms with Crippen molar-refractivity contribution in [3.63, 3.8) is 0 Å². The maximum atomic E-state index is 12.3. The second kappa shape index (κ2) is 6.51. The summed E-state index contributed by atoms with van der Waals surface area (Å²) in [5.74, 6) is 0.209. The molecule has 0 radical (unpaired) electrons. The first-order valence-corrected chi connectivity index (χ1v) is 7.24. The molecule has 0 saturated heterocycles. The molecule has 2 rings (SSSR count). The van der Waals surface area contributed by atoms with Gasteiger partial charge in [-0.1, -0.05) is 50.6 Å². The second-order valence-corrected chi connectivity index (χ2v) is 5.37. The van der Waals surface area contributed by atoms with Gasteiger partial charge in [0.05, 0.1) is 6.54 Å². The zero-order valence-electron chi connectivity index (χ0n) is 12.5. The van der Waals surface area contributed by atoms with Crippen LogP contribution in [0.3, 0.4) is 0 Å². The highest BCUT2D eigenvalue weighted by atomic mass is 16.1. The van der Waals surface area contributed by atoms with Crippen molar-refractivity contribution in [2.24, 2.45) is 5.92 Å². The molecule has 0 saturated carbocycles. The molecule has 0 N–H and O–H groups in total. The van der Waals surface area contributed by atoms with Gasteiger partial charge in [0.15, 0.2) is 5.78 Å². The lowest BCUT2D eigenvalue weighted by atomic mass is 9.99. The van der Waals surface area contributed by atoms with Crippen LogP contribution in [0.4, 0.5) is 0 Å². The Morgan fingerprint density at radius 3 is 2.65 bits per heavy atom. The Kier molecular flexibility index (Phi) is 4.72. The lowest BCUT2D eigenvalue weighted by molar-refractivity contribution is 0.0917. The van der Waals surface area contributed by atoms with Gasteiger partial charge in [-0.05, 0) is 25.0 Å². The fourth-order valence-electron chi connectivity index (χ4n) is 2.36. The van der Waals surface area contributed by atoms with Crippen molar-refractivity contribution >= 4 is 5.78 Å². The van der Waals surface area contributed by atoms with Crippen LogP contribution in [-0.2, 0) is 6.54 Å². The van der Waals surface area contributed by atoms with Crippen LogP contribution in [0.15, 0.2) is 36.4 Å². The molecular weight excluding hydrogens is 248 g/mol. The average Bonchev–Trinajstić information content (AvgIpc) is 2.81. The standard InChI is InChI=1S/C17H22N2O/c1-4-8-13(2)17(20)16-11-14(3)19(18-16)12-15-9-6-5-7-10-15/h5-7,9-11,13H,4,8,12H2,1-3H3. The van der Waals surface area contributed by atoms with Gasteiger partial charge in [-0.3, -0.25) is 9.48 Å². The third kappa shape index (κ3) is 3.35. The van der Waals surface area contributed by atoms with Gasteiger partial charge in [0.25, 0.3) is 0 Å². The summed E-state index contributed by atoms with van der Waals surface area (Å²) >= 11 is 0. The van der Waals surface area contributed by atoms with Crippen molar-refractivity contribution in [3.8, 4) is 0 Å². The van der Waals surface area contributed by atoms with E-state index in [1.165, 1.54) is 5.56 Å². The first kappa shape index (κ1) is 14.5. The first-order valence-electron chi connectivity index (χ1n) is 7.24. The minimum atomic E-state index is 0.0551. The number of benzene rings is 1. The molecule has 1 aromatic carbocycles. The Labute approximate surface area is 120 Å². The molecule has 0 bridgehead atoms. The number of nitrogens with zero attached hydrogens (tertiary/aromatic N) is 2. The zero-order valence-corrected chi connectivity index (χ0v) is 12.5. The number of carbonyl (C=O) groups excluding carboxylic acids is 1. The van der Waals surface area contributed by atoms with Crippen LogP contribution in [0.1, 0.15) is 48.4 Å². The highest BCUT2D eigenvalue weighted by Crippen LogP contribution is 2.15. The molecule has 0 spiro atoms. The Balaban J connectivity index is 2.15. The molecule has 0 aliphatic heterocycles. The third-order valence-electron chi connectivity index (χ3n) is 3.58. The highest BCUT2D eigenvalue weighted by molar-refractivity contribution is 5.95. The topological polar surface area (TPSA) is 34.9 Å². The van der Waals surface area contributed by atoms with Gasteiger partial charge >= 0.3 is 0 Å². The summed E-state index contributed by atoms with van der Waals surface area (Å²) in [7, 11) is 0. The summed E-state index contributed by atoms with van der Waals surface area (Å²) in [6.07, 6.45) is 1.94. The summed E-state index contributed by atoms with van der Waals surface area (Å²) in [5.41, 5.74) is 2.82. The van der Waals surface area contributed by atoms with Crippen LogP contribution in [-0.4, -0.2) is 15.6 Å². The zero-order chi connectivity index (χ0) is 14.5. The Morgan fingerprint density at radius 1 is 1.30 bits per heavy atom. The van der Waals surface area contributed by atoms with Gasteiger partial charge in [-0.15, -0.1) is 0 Å². The molecule has 1 heterocycles. The predicted molar refractivity (Wildman–Crippen MR) is 80.9 cm³/mol. The van der Waals surface area contributed by atoms with Crippen LogP contribution in [0, 0.1) is 12.8 Å². The van der Waals surface area contributed by atoms with Gasteiger partial charge in [0.2, 0.25) is 0 Å². The van der Waals surface area contributed by atoms with E-state index in [2.05, 4.69) is 24.2 Å². The monoisotopic (exact) mass is 270 g/mol. The van der Waals surface area contributed by atoms with Gasteiger partial charge in [0.1, 0.15) is 5.69 Å². The molecule has 20 heavy (non-hydrogen) atoms. The van der Waals surface area contributed by atoms with Crippen LogP contribution in [0.5, 0.6) is 0 Å². The third-order valence-corrected chi connectivity index (χ3v) is 3.58. The van der Waals surface area contributed by atoms with Crippen LogP contribution in [0.2, 0.25) is 0 Å². The van der Waals surface area contributed by atoms with Crippen molar-refractivity contribution in [1.82, 2.24) is 9.78 Å². The van der Waals surface area contributed by atoms with E-state index in [9.17, 15) is 4.79 Å². The normalized spacial score (nSPS) is 12.3. The minimum Gasteiger partial charge on any atom is -0.292 e. The fourth-order valence-corrected chi connectivity index (χ4v) is 2.36. The van der Waals surface area contributed by atoms with Crippen molar-refractivity contribution < 1.29 is 4.79 Å². The molecule has 1 atom stereocenters. The molecular formula is C17H22N2O. The second-order valence-electron chi connectivity index (χ2n) is 5.37. The van der Waals surface area contributed by atoms with E-state index in [0.29, 0.717) is 12.2 Å². The maximum absolute atomic E-state index is 12.3. The van der Waals surface area contributed by atoms with E-state index in [1.54, 1.807) is 0 Å². The fraction of sp³-hybridized carbons (Fsp3) is 0.412. The average molecular weight is 270 g/mol. The molecule has 0 fully saturated rings. The van der Waals surface area contributed by atoms with Crippen molar-refractivity contribution in [2.75, 3.05) is 0 Å². The highest BCUT2D eigenvalue weighted by Gasteiger charge is 2.18. The molecule has 2 aromatic rings. The minimum absolute atomic E-state index is 0.0551. The Hall–Kier alpha value is -1.90. The van der Waals surface area contributed by atoms with Crippen molar-refractivity contribution in [2.45, 2.75) is 40.2 Å². The van der Waals surface area contributed by atoms with Gasteiger partial charge < -0.3 is 0 Å². The number of hydrogen-bond acceptors (Lipinski definition) is 2. The molecule has 0 aliphatic rings.